The Morgan fingerprint density at radius 2 is 2.00 bits per heavy atom. The fourth-order valence-electron chi connectivity index (χ4n) is 3.75. The number of carbonyl (C=O) groups is 1. The number of aromatic nitrogens is 1. The molecule has 2 unspecified atom stereocenters. The largest absolute Gasteiger partial charge is 0.416 e. The van der Waals surface area contributed by atoms with Crippen LogP contribution in [0.15, 0.2) is 46.5 Å². The van der Waals surface area contributed by atoms with Crippen molar-refractivity contribution in [2.75, 3.05) is 16.5 Å². The van der Waals surface area contributed by atoms with E-state index in [9.17, 15) is 31.0 Å². The van der Waals surface area contributed by atoms with Gasteiger partial charge in [0.1, 0.15) is 17.5 Å². The Hall–Kier alpha value is -2.27. The lowest BCUT2D eigenvalue weighted by Gasteiger charge is -2.33. The molecule has 2 heterocycles. The lowest BCUT2D eigenvalue weighted by molar-refractivity contribution is -0.137. The van der Waals surface area contributed by atoms with Crippen molar-refractivity contribution in [2.24, 2.45) is 0 Å². The van der Waals surface area contributed by atoms with Crippen molar-refractivity contribution in [3.8, 4) is 0 Å². The number of alkyl halides is 4. The Labute approximate surface area is 194 Å². The molecule has 178 valence electrons. The number of anilines is 1. The minimum atomic E-state index is -4.64. The van der Waals surface area contributed by atoms with Crippen molar-refractivity contribution in [1.29, 1.82) is 0 Å². The second-order valence-electron chi connectivity index (χ2n) is 8.27. The summed E-state index contributed by atoms with van der Waals surface area (Å²) in [7, 11) is -1.55. The summed E-state index contributed by atoms with van der Waals surface area (Å²) >= 11 is 5.87. The molecular formula is C21H19ClF5N3O2S. The third-order valence-electron chi connectivity index (χ3n) is 5.54. The molecule has 1 aromatic rings. The highest BCUT2D eigenvalue weighted by Gasteiger charge is 2.45. The van der Waals surface area contributed by atoms with E-state index >= 15 is 0 Å². The molecule has 1 fully saturated rings. The smallest absolute Gasteiger partial charge is 0.332 e. The van der Waals surface area contributed by atoms with E-state index in [1.165, 1.54) is 17.9 Å². The molecular weight excluding hydrogens is 489 g/mol. The molecule has 1 aromatic heterocycles. The molecule has 1 amide bonds. The monoisotopic (exact) mass is 507 g/mol. The predicted molar refractivity (Wildman–Crippen MR) is 114 cm³/mol. The van der Waals surface area contributed by atoms with Crippen molar-refractivity contribution in [3.63, 3.8) is 0 Å². The number of hydrogen-bond acceptors (Lipinski definition) is 4. The SMILES string of the molecule is Cc1cc(C(F)(F)F)cc(N2CS(=O)C[C@H]2C(=O)N(C2=CC2)C2=CCC(C)(F)C(Cl)=C2F)n1. The van der Waals surface area contributed by atoms with Gasteiger partial charge in [-0.05, 0) is 26.0 Å². The van der Waals surface area contributed by atoms with Gasteiger partial charge in [0, 0.05) is 35.0 Å². The summed E-state index contributed by atoms with van der Waals surface area (Å²) in [5, 5.41) is -0.666. The second kappa shape index (κ2) is 8.19. The van der Waals surface area contributed by atoms with Crippen molar-refractivity contribution in [1.82, 2.24) is 9.88 Å². The van der Waals surface area contributed by atoms with Gasteiger partial charge in [0.25, 0.3) is 5.91 Å². The van der Waals surface area contributed by atoms with Crippen LogP contribution in [-0.2, 0) is 21.8 Å². The van der Waals surface area contributed by atoms with Crippen LogP contribution in [-0.4, -0.2) is 43.3 Å². The zero-order valence-electron chi connectivity index (χ0n) is 17.5. The molecule has 3 atom stereocenters. The normalized spacial score (nSPS) is 27.5. The average Bonchev–Trinajstić information content (AvgIpc) is 3.47. The van der Waals surface area contributed by atoms with E-state index in [-0.39, 0.29) is 35.3 Å². The number of rotatable bonds is 4. The number of aryl methyl sites for hydroxylation is 1. The summed E-state index contributed by atoms with van der Waals surface area (Å²) in [6.07, 6.45) is -1.66. The van der Waals surface area contributed by atoms with Gasteiger partial charge in [0.2, 0.25) is 0 Å². The number of hydrogen-bond donors (Lipinski definition) is 0. The van der Waals surface area contributed by atoms with Crippen molar-refractivity contribution in [2.45, 2.75) is 44.6 Å². The van der Waals surface area contributed by atoms with Crippen LogP contribution in [0, 0.1) is 6.92 Å². The summed E-state index contributed by atoms with van der Waals surface area (Å²) in [4.78, 5) is 19.9. The van der Waals surface area contributed by atoms with Crippen molar-refractivity contribution >= 4 is 34.1 Å². The molecule has 0 saturated carbocycles. The Morgan fingerprint density at radius 1 is 1.33 bits per heavy atom. The third kappa shape index (κ3) is 4.57. The molecule has 1 saturated heterocycles. The predicted octanol–water partition coefficient (Wildman–Crippen LogP) is 4.86. The fourth-order valence-corrected chi connectivity index (χ4v) is 5.32. The van der Waals surface area contributed by atoms with Crippen LogP contribution < -0.4 is 4.90 Å². The van der Waals surface area contributed by atoms with E-state index in [0.717, 1.165) is 24.0 Å². The first-order valence-electron chi connectivity index (χ1n) is 9.95. The number of carbonyl (C=O) groups excluding carboxylic acids is 1. The van der Waals surface area contributed by atoms with Gasteiger partial charge in [-0.2, -0.15) is 13.2 Å². The van der Waals surface area contributed by atoms with Crippen LogP contribution in [0.5, 0.6) is 0 Å². The topological polar surface area (TPSA) is 53.5 Å². The average molecular weight is 508 g/mol. The van der Waals surface area contributed by atoms with Crippen LogP contribution >= 0.6 is 11.6 Å². The van der Waals surface area contributed by atoms with Gasteiger partial charge in [-0.15, -0.1) is 0 Å². The molecule has 12 heteroatoms. The van der Waals surface area contributed by atoms with E-state index in [4.69, 9.17) is 11.6 Å². The lowest BCUT2D eigenvalue weighted by atomic mass is 9.96. The Kier molecular flexibility index (Phi) is 5.93. The first kappa shape index (κ1) is 23.9. The summed E-state index contributed by atoms with van der Waals surface area (Å²) in [6.45, 7) is 2.50. The van der Waals surface area contributed by atoms with Crippen molar-refractivity contribution < 1.29 is 31.0 Å². The minimum Gasteiger partial charge on any atom is -0.332 e. The Bertz CT molecular complexity index is 1150. The van der Waals surface area contributed by atoms with Crippen LogP contribution in [0.1, 0.15) is 31.0 Å². The quantitative estimate of drug-likeness (QED) is 0.546. The highest BCUT2D eigenvalue weighted by molar-refractivity contribution is 7.85. The van der Waals surface area contributed by atoms with Crippen LogP contribution in [0.4, 0.5) is 27.8 Å². The Balaban J connectivity index is 1.71. The molecule has 0 bridgehead atoms. The maximum absolute atomic E-state index is 15.0. The van der Waals surface area contributed by atoms with Crippen LogP contribution in [0.3, 0.4) is 0 Å². The fraction of sp³-hybridized carbons (Fsp3) is 0.429. The van der Waals surface area contributed by atoms with Crippen LogP contribution in [0.25, 0.3) is 0 Å². The van der Waals surface area contributed by atoms with Gasteiger partial charge >= 0.3 is 6.18 Å². The number of amides is 1. The summed E-state index contributed by atoms with van der Waals surface area (Å²) in [5.41, 5.74) is -2.78. The van der Waals surface area contributed by atoms with Gasteiger partial charge in [-0.3, -0.25) is 13.9 Å². The number of allylic oxidation sites excluding steroid dienone is 5. The molecule has 1 aliphatic heterocycles. The van der Waals surface area contributed by atoms with Gasteiger partial charge in [-0.1, -0.05) is 23.8 Å². The third-order valence-corrected chi connectivity index (χ3v) is 7.35. The first-order chi connectivity index (χ1) is 15.3. The molecule has 3 aliphatic rings. The molecule has 5 nitrogen and oxygen atoms in total. The van der Waals surface area contributed by atoms with Gasteiger partial charge in [0.15, 0.2) is 5.83 Å². The second-order valence-corrected chi connectivity index (χ2v) is 10.1. The zero-order chi connectivity index (χ0) is 24.3. The number of halogens is 6. The van der Waals surface area contributed by atoms with Gasteiger partial charge in [0.05, 0.1) is 27.9 Å². The molecule has 0 spiro atoms. The van der Waals surface area contributed by atoms with E-state index in [1.54, 1.807) is 6.08 Å². The van der Waals surface area contributed by atoms with E-state index in [0.29, 0.717) is 12.1 Å². The van der Waals surface area contributed by atoms with Gasteiger partial charge < -0.3 is 4.90 Å². The molecule has 0 radical (unpaired) electrons. The molecule has 4 rings (SSSR count). The van der Waals surface area contributed by atoms with Crippen molar-refractivity contribution in [3.05, 3.63) is 57.8 Å². The molecule has 0 aromatic carbocycles. The highest BCUT2D eigenvalue weighted by atomic mass is 35.5. The summed E-state index contributed by atoms with van der Waals surface area (Å²) in [6, 6.07) is 0.508. The standard InChI is InChI=1S/C21H19ClF5N3O2S/c1-11-7-12(21(25,26)27)8-16(28-11)29-10-33(32)9-15(29)19(31)30(13-3-4-13)14-5-6-20(2,24)18(22)17(14)23/h3,5,7-8,15H,4,6,9-10H2,1-2H3/t15-,20?,33?/m0/s1. The molecule has 33 heavy (non-hydrogen) atoms. The zero-order valence-corrected chi connectivity index (χ0v) is 19.1. The van der Waals surface area contributed by atoms with E-state index in [1.807, 2.05) is 0 Å². The first-order valence-corrected chi connectivity index (χ1v) is 11.8. The van der Waals surface area contributed by atoms with Gasteiger partial charge in [-0.25, -0.2) is 13.8 Å². The maximum Gasteiger partial charge on any atom is 0.416 e. The van der Waals surface area contributed by atoms with E-state index < -0.39 is 51.0 Å². The number of nitrogens with zero attached hydrogens (tertiary/aromatic N) is 3. The summed E-state index contributed by atoms with van der Waals surface area (Å²) < 4.78 is 81.7. The lowest BCUT2D eigenvalue weighted by Crippen LogP contribution is -2.46. The molecule has 0 N–H and O–H groups in total. The van der Waals surface area contributed by atoms with E-state index in [2.05, 4.69) is 4.98 Å². The maximum atomic E-state index is 15.0. The molecule has 2 aliphatic carbocycles. The Morgan fingerprint density at radius 3 is 2.61 bits per heavy atom. The van der Waals surface area contributed by atoms with Crippen LogP contribution in [0.2, 0.25) is 0 Å². The summed E-state index contributed by atoms with van der Waals surface area (Å²) in [5.74, 6) is -2.33. The minimum absolute atomic E-state index is 0.0726. The highest BCUT2D eigenvalue weighted by Crippen LogP contribution is 2.43. The number of pyridine rings is 1.